The van der Waals surface area contributed by atoms with E-state index in [2.05, 4.69) is 9.88 Å². The molecule has 0 aliphatic carbocycles. The lowest BCUT2D eigenvalue weighted by Crippen LogP contribution is -2.42. The molecule has 0 radical (unpaired) electrons. The van der Waals surface area contributed by atoms with Crippen molar-refractivity contribution in [2.75, 3.05) is 26.2 Å². The molecule has 27 heavy (non-hydrogen) atoms. The zero-order valence-corrected chi connectivity index (χ0v) is 16.3. The Hall–Kier alpha value is -1.85. The number of likely N-dealkylation sites (tertiary alicyclic amines) is 2. The molecule has 2 aliphatic heterocycles. The van der Waals surface area contributed by atoms with E-state index >= 15 is 0 Å². The largest absolute Gasteiger partial charge is 0.443 e. The Morgan fingerprint density at radius 3 is 2.85 bits per heavy atom. The van der Waals surface area contributed by atoms with Crippen molar-refractivity contribution in [1.29, 1.82) is 0 Å². The molecule has 2 aromatic rings. The zero-order chi connectivity index (χ0) is 18.6. The average molecular weight is 388 g/mol. The lowest BCUT2D eigenvalue weighted by molar-refractivity contribution is -0.134. The van der Waals surface area contributed by atoms with Gasteiger partial charge in [-0.25, -0.2) is 4.98 Å². The van der Waals surface area contributed by atoms with Crippen LogP contribution < -0.4 is 0 Å². The highest BCUT2D eigenvalue weighted by atomic mass is 35.5. The molecule has 0 spiro atoms. The van der Waals surface area contributed by atoms with Crippen LogP contribution in [0.3, 0.4) is 0 Å². The summed E-state index contributed by atoms with van der Waals surface area (Å²) in [7, 11) is 0. The van der Waals surface area contributed by atoms with Crippen molar-refractivity contribution >= 4 is 17.5 Å². The number of oxazole rings is 1. The molecule has 1 aromatic carbocycles. The summed E-state index contributed by atoms with van der Waals surface area (Å²) in [6, 6.07) is 7.73. The Kier molecular flexibility index (Phi) is 5.79. The minimum atomic E-state index is -0.0320. The van der Waals surface area contributed by atoms with E-state index in [1.54, 1.807) is 6.20 Å². The van der Waals surface area contributed by atoms with Crippen LogP contribution in [-0.4, -0.2) is 46.9 Å². The first kappa shape index (κ1) is 18.5. The molecule has 4 rings (SSSR count). The topological polar surface area (TPSA) is 49.6 Å². The number of amides is 1. The first-order valence-corrected chi connectivity index (χ1v) is 10.3. The van der Waals surface area contributed by atoms with E-state index in [1.807, 2.05) is 29.2 Å². The summed E-state index contributed by atoms with van der Waals surface area (Å²) in [5.74, 6) is 1.67. The number of carbonyl (C=O) groups is 1. The standard InChI is InChI=1S/C21H26ClN3O2/c22-17-7-4-6-16(12-17)13-18-14-23-21(27-18)19-8-5-11-25(19)20(26)15-24-9-2-1-3-10-24/h4,6-7,12,14,19H,1-3,5,8-11,13,15H2/t19-/m0/s1. The molecule has 2 saturated heterocycles. The summed E-state index contributed by atoms with van der Waals surface area (Å²) >= 11 is 6.06. The minimum absolute atomic E-state index is 0.0320. The Morgan fingerprint density at radius 1 is 1.19 bits per heavy atom. The van der Waals surface area contributed by atoms with E-state index in [0.29, 0.717) is 18.9 Å². The first-order valence-electron chi connectivity index (χ1n) is 9.90. The zero-order valence-electron chi connectivity index (χ0n) is 15.6. The number of rotatable bonds is 5. The Bertz CT molecular complexity index is 785. The third-order valence-corrected chi connectivity index (χ3v) is 5.74. The van der Waals surface area contributed by atoms with Crippen LogP contribution in [0.4, 0.5) is 0 Å². The predicted octanol–water partition coefficient (Wildman–Crippen LogP) is 4.07. The highest BCUT2D eigenvalue weighted by Gasteiger charge is 2.34. The maximum absolute atomic E-state index is 12.8. The van der Waals surface area contributed by atoms with Gasteiger partial charge in [-0.3, -0.25) is 9.69 Å². The van der Waals surface area contributed by atoms with E-state index in [9.17, 15) is 4.79 Å². The van der Waals surface area contributed by atoms with Crippen LogP contribution in [-0.2, 0) is 11.2 Å². The number of halogens is 1. The van der Waals surface area contributed by atoms with Crippen LogP contribution in [0.1, 0.15) is 55.4 Å². The summed E-state index contributed by atoms with van der Waals surface area (Å²) in [6.07, 6.45) is 8.03. The van der Waals surface area contributed by atoms with E-state index in [0.717, 1.165) is 48.8 Å². The summed E-state index contributed by atoms with van der Waals surface area (Å²) in [6.45, 7) is 3.38. The first-order chi connectivity index (χ1) is 13.2. The fourth-order valence-electron chi connectivity index (χ4n) is 4.13. The lowest BCUT2D eigenvalue weighted by Gasteiger charge is -2.29. The average Bonchev–Trinajstić information content (AvgIpc) is 3.31. The Labute approximate surface area is 165 Å². The lowest BCUT2D eigenvalue weighted by atomic mass is 10.1. The molecule has 2 fully saturated rings. The summed E-state index contributed by atoms with van der Waals surface area (Å²) in [5, 5.41) is 0.720. The van der Waals surface area contributed by atoms with Crippen LogP contribution in [0.15, 0.2) is 34.9 Å². The van der Waals surface area contributed by atoms with Crippen molar-refractivity contribution in [2.45, 2.75) is 44.6 Å². The monoisotopic (exact) mass is 387 g/mol. The van der Waals surface area contributed by atoms with Gasteiger partial charge < -0.3 is 9.32 Å². The van der Waals surface area contributed by atoms with Crippen molar-refractivity contribution in [1.82, 2.24) is 14.8 Å². The molecule has 144 valence electrons. The van der Waals surface area contributed by atoms with Crippen molar-refractivity contribution in [3.63, 3.8) is 0 Å². The summed E-state index contributed by atoms with van der Waals surface area (Å²) < 4.78 is 6.02. The van der Waals surface area contributed by atoms with Crippen LogP contribution in [0.5, 0.6) is 0 Å². The molecule has 0 N–H and O–H groups in total. The number of benzene rings is 1. The van der Waals surface area contributed by atoms with Gasteiger partial charge in [-0.1, -0.05) is 30.2 Å². The van der Waals surface area contributed by atoms with Gasteiger partial charge in [0.25, 0.3) is 0 Å². The number of nitrogens with zero attached hydrogens (tertiary/aromatic N) is 3. The molecular formula is C21H26ClN3O2. The molecule has 6 heteroatoms. The number of aromatic nitrogens is 1. The molecule has 3 heterocycles. The number of carbonyl (C=O) groups excluding carboxylic acids is 1. The summed E-state index contributed by atoms with van der Waals surface area (Å²) in [5.41, 5.74) is 1.09. The van der Waals surface area contributed by atoms with E-state index in [4.69, 9.17) is 16.0 Å². The molecule has 0 bridgehead atoms. The second-order valence-electron chi connectivity index (χ2n) is 7.55. The maximum atomic E-state index is 12.8. The second kappa shape index (κ2) is 8.44. The fourth-order valence-corrected chi connectivity index (χ4v) is 4.34. The minimum Gasteiger partial charge on any atom is -0.443 e. The van der Waals surface area contributed by atoms with E-state index < -0.39 is 0 Å². The maximum Gasteiger partial charge on any atom is 0.237 e. The van der Waals surface area contributed by atoms with Gasteiger partial charge in [0.15, 0.2) is 0 Å². The Morgan fingerprint density at radius 2 is 2.04 bits per heavy atom. The van der Waals surface area contributed by atoms with Crippen LogP contribution in [0.25, 0.3) is 0 Å². The molecule has 1 aromatic heterocycles. The van der Waals surface area contributed by atoms with Gasteiger partial charge in [-0.15, -0.1) is 0 Å². The molecule has 1 amide bonds. The molecule has 0 unspecified atom stereocenters. The molecule has 5 nitrogen and oxygen atoms in total. The molecular weight excluding hydrogens is 362 g/mol. The highest BCUT2D eigenvalue weighted by molar-refractivity contribution is 6.30. The van der Waals surface area contributed by atoms with Crippen molar-refractivity contribution in [2.24, 2.45) is 0 Å². The number of piperidine rings is 1. The second-order valence-corrected chi connectivity index (χ2v) is 7.99. The Balaban J connectivity index is 1.41. The number of hydrogen-bond acceptors (Lipinski definition) is 4. The third-order valence-electron chi connectivity index (χ3n) is 5.50. The van der Waals surface area contributed by atoms with Crippen molar-refractivity contribution < 1.29 is 9.21 Å². The van der Waals surface area contributed by atoms with Crippen LogP contribution in [0.2, 0.25) is 5.02 Å². The predicted molar refractivity (Wildman–Crippen MR) is 105 cm³/mol. The van der Waals surface area contributed by atoms with E-state index in [-0.39, 0.29) is 11.9 Å². The molecule has 1 atom stereocenters. The van der Waals surface area contributed by atoms with Crippen molar-refractivity contribution in [3.8, 4) is 0 Å². The molecule has 0 saturated carbocycles. The van der Waals surface area contributed by atoms with Gasteiger partial charge in [0.05, 0.1) is 12.7 Å². The quantitative estimate of drug-likeness (QED) is 0.776. The van der Waals surface area contributed by atoms with E-state index in [1.165, 1.54) is 19.3 Å². The smallest absolute Gasteiger partial charge is 0.237 e. The van der Waals surface area contributed by atoms with Gasteiger partial charge in [0.2, 0.25) is 11.8 Å². The van der Waals surface area contributed by atoms with Crippen LogP contribution >= 0.6 is 11.6 Å². The fraction of sp³-hybridized carbons (Fsp3) is 0.524. The van der Waals surface area contributed by atoms with Crippen molar-refractivity contribution in [3.05, 3.63) is 52.7 Å². The normalized spacial score (nSPS) is 20.9. The molecule has 2 aliphatic rings. The van der Waals surface area contributed by atoms with Gasteiger partial charge in [-0.05, 0) is 56.5 Å². The number of hydrogen-bond donors (Lipinski definition) is 0. The van der Waals surface area contributed by atoms with Gasteiger partial charge in [0.1, 0.15) is 11.8 Å². The highest BCUT2D eigenvalue weighted by Crippen LogP contribution is 2.32. The summed E-state index contributed by atoms with van der Waals surface area (Å²) in [4.78, 5) is 21.6. The van der Waals surface area contributed by atoms with Gasteiger partial charge >= 0.3 is 0 Å². The van der Waals surface area contributed by atoms with Gasteiger partial charge in [-0.2, -0.15) is 0 Å². The SMILES string of the molecule is O=C(CN1CCCCC1)N1CCC[C@H]1c1ncc(Cc2cccc(Cl)c2)o1. The third kappa shape index (κ3) is 4.53. The van der Waals surface area contributed by atoms with Gasteiger partial charge in [0, 0.05) is 18.0 Å². The van der Waals surface area contributed by atoms with Crippen LogP contribution in [0, 0.1) is 0 Å².